The van der Waals surface area contributed by atoms with E-state index in [0.29, 0.717) is 5.54 Å². The van der Waals surface area contributed by atoms with Crippen LogP contribution in [-0.2, 0) is 0 Å². The molecular weight excluding hydrogens is 512 g/mol. The minimum Gasteiger partial charge on any atom is -0.0891 e. The van der Waals surface area contributed by atoms with Crippen molar-refractivity contribution in [2.24, 2.45) is 35.5 Å². The van der Waals surface area contributed by atoms with Gasteiger partial charge in [-0.1, -0.05) is 82.6 Å². The Bertz CT molecular complexity index is 856. The third kappa shape index (κ3) is 3.31. The van der Waals surface area contributed by atoms with Crippen LogP contribution >= 0.6 is 31.9 Å². The fraction of sp³-hybridized carbons (Fsp3) is 0.704. The zero-order valence-corrected chi connectivity index (χ0v) is 23.5. The number of benzene rings is 1. The maximum absolute atomic E-state index is 3.99. The number of rotatable bonds is 2. The van der Waals surface area contributed by atoms with Crippen LogP contribution in [0.2, 0.25) is 18.6 Å². The summed E-state index contributed by atoms with van der Waals surface area (Å²) in [6.07, 6.45) is 9.81. The molecule has 164 valence electrons. The second-order valence-corrected chi connectivity index (χ2v) is 18.9. The standard InChI is InChI=1S/C27H38Br2Si/c1-15-11-22-17(3)20-10-9-19(28)13-18(20)14-24(22)27(15)30(4,5)26-16(2)12-23-21(26)7-6-8-25(23)29/h6-8,12,15,17-20,22,24,26-27H,9-11,13-14H2,1-5H3. The largest absolute Gasteiger partial charge is 0.0891 e. The predicted molar refractivity (Wildman–Crippen MR) is 140 cm³/mol. The molecule has 0 heterocycles. The molecule has 0 bridgehead atoms. The molecule has 3 saturated carbocycles. The molecule has 4 aliphatic carbocycles. The maximum atomic E-state index is 3.99. The van der Waals surface area contributed by atoms with Crippen LogP contribution in [0.5, 0.6) is 0 Å². The lowest BCUT2D eigenvalue weighted by Gasteiger charge is -2.51. The van der Waals surface area contributed by atoms with E-state index >= 15 is 0 Å². The Morgan fingerprint density at radius 1 is 0.967 bits per heavy atom. The molecule has 0 aliphatic heterocycles. The molecule has 0 radical (unpaired) electrons. The number of hydrogen-bond donors (Lipinski definition) is 0. The number of alkyl halides is 1. The SMILES string of the molecule is CC1=Cc2c(Br)cccc2C1[Si](C)(C)C1C(C)CC2C(C)C3CCC(Br)CC3CC21. The van der Waals surface area contributed by atoms with E-state index in [1.165, 1.54) is 42.1 Å². The van der Waals surface area contributed by atoms with Gasteiger partial charge in [-0.15, -0.1) is 0 Å². The summed E-state index contributed by atoms with van der Waals surface area (Å²) >= 11 is 7.83. The fourth-order valence-corrected chi connectivity index (χ4v) is 16.2. The molecule has 5 rings (SSSR count). The maximum Gasteiger partial charge on any atom is 0.0635 e. The Balaban J connectivity index is 1.49. The van der Waals surface area contributed by atoms with E-state index < -0.39 is 8.07 Å². The first kappa shape index (κ1) is 22.0. The average molecular weight is 550 g/mol. The van der Waals surface area contributed by atoms with Gasteiger partial charge in [-0.2, -0.15) is 0 Å². The highest BCUT2D eigenvalue weighted by Crippen LogP contribution is 2.64. The Hall–Kier alpha value is 0.137. The summed E-state index contributed by atoms with van der Waals surface area (Å²) in [4.78, 5) is 0.772. The van der Waals surface area contributed by atoms with Crippen molar-refractivity contribution in [1.82, 2.24) is 0 Å². The summed E-state index contributed by atoms with van der Waals surface area (Å²) < 4.78 is 1.28. The molecule has 4 aliphatic rings. The summed E-state index contributed by atoms with van der Waals surface area (Å²) in [6.45, 7) is 13.2. The van der Waals surface area contributed by atoms with Crippen molar-refractivity contribution in [1.29, 1.82) is 0 Å². The zero-order chi connectivity index (χ0) is 21.4. The molecule has 0 saturated heterocycles. The molecule has 3 heteroatoms. The molecule has 9 unspecified atom stereocenters. The van der Waals surface area contributed by atoms with Gasteiger partial charge < -0.3 is 0 Å². The lowest BCUT2D eigenvalue weighted by Crippen LogP contribution is -2.47. The van der Waals surface area contributed by atoms with Crippen LogP contribution in [0.3, 0.4) is 0 Å². The summed E-state index contributed by atoms with van der Waals surface area (Å²) in [5, 5.41) is 0. The van der Waals surface area contributed by atoms with Crippen molar-refractivity contribution in [2.45, 2.75) is 81.9 Å². The predicted octanol–water partition coefficient (Wildman–Crippen LogP) is 9.06. The van der Waals surface area contributed by atoms with Gasteiger partial charge in [0.15, 0.2) is 0 Å². The summed E-state index contributed by atoms with van der Waals surface area (Å²) in [5.74, 6) is 5.76. The number of halogens is 2. The first-order valence-electron chi connectivity index (χ1n) is 12.3. The highest BCUT2D eigenvalue weighted by molar-refractivity contribution is 9.10. The van der Waals surface area contributed by atoms with Crippen molar-refractivity contribution in [2.75, 3.05) is 0 Å². The zero-order valence-electron chi connectivity index (χ0n) is 19.3. The van der Waals surface area contributed by atoms with Crippen molar-refractivity contribution >= 4 is 46.0 Å². The molecule has 30 heavy (non-hydrogen) atoms. The Kier molecular flexibility index (Phi) is 5.76. The van der Waals surface area contributed by atoms with Crippen molar-refractivity contribution < 1.29 is 0 Å². The van der Waals surface area contributed by atoms with Crippen LogP contribution in [-0.4, -0.2) is 12.9 Å². The lowest BCUT2D eigenvalue weighted by molar-refractivity contribution is 0.0368. The lowest BCUT2D eigenvalue weighted by atomic mass is 9.59. The summed E-state index contributed by atoms with van der Waals surface area (Å²) in [6, 6.07) is 6.91. The number of hydrogen-bond acceptors (Lipinski definition) is 0. The van der Waals surface area contributed by atoms with E-state index in [2.05, 4.69) is 90.0 Å². The quantitative estimate of drug-likeness (QED) is 0.255. The van der Waals surface area contributed by atoms with Gasteiger partial charge in [-0.3, -0.25) is 0 Å². The second kappa shape index (κ2) is 7.87. The summed E-state index contributed by atoms with van der Waals surface area (Å²) in [7, 11) is -1.55. The molecule has 0 N–H and O–H groups in total. The van der Waals surface area contributed by atoms with Gasteiger partial charge in [0.25, 0.3) is 0 Å². The average Bonchev–Trinajstić information content (AvgIpc) is 3.19. The normalized spacial score (nSPS) is 43.0. The van der Waals surface area contributed by atoms with Crippen LogP contribution < -0.4 is 0 Å². The molecule has 0 amide bonds. The van der Waals surface area contributed by atoms with Crippen LogP contribution in [0.1, 0.15) is 69.5 Å². The molecular formula is C27H38Br2Si. The van der Waals surface area contributed by atoms with Gasteiger partial charge in [0.2, 0.25) is 0 Å². The van der Waals surface area contributed by atoms with E-state index in [9.17, 15) is 0 Å². The van der Waals surface area contributed by atoms with E-state index in [1.807, 2.05) is 0 Å². The number of fused-ring (bicyclic) bond motifs is 3. The highest BCUT2D eigenvalue weighted by Gasteiger charge is 2.57. The van der Waals surface area contributed by atoms with E-state index in [4.69, 9.17) is 0 Å². The van der Waals surface area contributed by atoms with Gasteiger partial charge in [-0.05, 0) is 97.3 Å². The number of allylic oxidation sites excluding steroid dienone is 1. The fourth-order valence-electron chi connectivity index (χ4n) is 9.20. The summed E-state index contributed by atoms with van der Waals surface area (Å²) in [5.41, 5.74) is 6.37. The van der Waals surface area contributed by atoms with Crippen LogP contribution in [0.4, 0.5) is 0 Å². The van der Waals surface area contributed by atoms with Gasteiger partial charge in [0.1, 0.15) is 0 Å². The van der Waals surface area contributed by atoms with Crippen molar-refractivity contribution in [3.63, 3.8) is 0 Å². The highest BCUT2D eigenvalue weighted by atomic mass is 79.9. The third-order valence-corrected chi connectivity index (χ3v) is 16.5. The van der Waals surface area contributed by atoms with E-state index in [1.54, 1.807) is 11.1 Å². The monoisotopic (exact) mass is 548 g/mol. The molecule has 0 aromatic heterocycles. The van der Waals surface area contributed by atoms with Gasteiger partial charge in [0.05, 0.1) is 8.07 Å². The van der Waals surface area contributed by atoms with Crippen LogP contribution in [0, 0.1) is 35.5 Å². The van der Waals surface area contributed by atoms with Crippen molar-refractivity contribution in [3.8, 4) is 0 Å². The van der Waals surface area contributed by atoms with E-state index in [0.717, 1.165) is 45.9 Å². The van der Waals surface area contributed by atoms with Crippen LogP contribution in [0.25, 0.3) is 6.08 Å². The Labute approximate surface area is 201 Å². The minimum absolute atomic E-state index is 0.694. The molecule has 3 fully saturated rings. The third-order valence-electron chi connectivity index (χ3n) is 10.00. The Morgan fingerprint density at radius 2 is 1.73 bits per heavy atom. The Morgan fingerprint density at radius 3 is 2.50 bits per heavy atom. The van der Waals surface area contributed by atoms with E-state index in [-0.39, 0.29) is 0 Å². The van der Waals surface area contributed by atoms with Gasteiger partial charge in [-0.25, -0.2) is 0 Å². The molecule has 9 atom stereocenters. The van der Waals surface area contributed by atoms with Crippen molar-refractivity contribution in [3.05, 3.63) is 39.4 Å². The first-order valence-corrected chi connectivity index (χ1v) is 17.2. The first-order chi connectivity index (χ1) is 14.2. The molecule has 1 aromatic rings. The smallest absolute Gasteiger partial charge is 0.0635 e. The van der Waals surface area contributed by atoms with Gasteiger partial charge >= 0.3 is 0 Å². The second-order valence-electron chi connectivity index (χ2n) is 11.9. The molecule has 1 aromatic carbocycles. The van der Waals surface area contributed by atoms with Gasteiger partial charge in [0, 0.05) is 14.8 Å². The molecule has 0 nitrogen and oxygen atoms in total. The topological polar surface area (TPSA) is 0 Å². The molecule has 0 spiro atoms. The van der Waals surface area contributed by atoms with Crippen LogP contribution in [0.15, 0.2) is 28.2 Å². The minimum atomic E-state index is -1.55.